The maximum absolute atomic E-state index is 5.12. The molecule has 0 radical (unpaired) electrons. The van der Waals surface area contributed by atoms with Gasteiger partial charge in [-0.15, -0.1) is 6.58 Å². The Morgan fingerprint density at radius 2 is 2.47 bits per heavy atom. The number of hydrogen-bond acceptors (Lipinski definition) is 3. The fourth-order valence-electron chi connectivity index (χ4n) is 1.31. The fraction of sp³-hybridized carbons (Fsp3) is 0.417. The molecule has 0 aliphatic carbocycles. The second kappa shape index (κ2) is 6.06. The van der Waals surface area contributed by atoms with Crippen LogP contribution in [0, 0.1) is 0 Å². The molecule has 0 spiro atoms. The highest BCUT2D eigenvalue weighted by molar-refractivity contribution is 5.41. The van der Waals surface area contributed by atoms with Crippen LogP contribution in [-0.4, -0.2) is 18.1 Å². The van der Waals surface area contributed by atoms with Crippen LogP contribution >= 0.6 is 0 Å². The lowest BCUT2D eigenvalue weighted by atomic mass is 10.2. The van der Waals surface area contributed by atoms with Crippen molar-refractivity contribution in [1.82, 2.24) is 4.98 Å². The van der Waals surface area contributed by atoms with Gasteiger partial charge in [0, 0.05) is 18.3 Å². The summed E-state index contributed by atoms with van der Waals surface area (Å²) in [6.45, 7) is 5.83. The van der Waals surface area contributed by atoms with Gasteiger partial charge in [0.05, 0.1) is 7.11 Å². The van der Waals surface area contributed by atoms with Crippen LogP contribution in [0.2, 0.25) is 0 Å². The minimum atomic E-state index is 0.391. The molecule has 0 bridgehead atoms. The molecular formula is C12H18N2O. The average Bonchev–Trinajstić information content (AvgIpc) is 2.26. The molecule has 1 heterocycles. The Labute approximate surface area is 91.2 Å². The molecule has 0 fully saturated rings. The molecular weight excluding hydrogens is 188 g/mol. The van der Waals surface area contributed by atoms with Gasteiger partial charge < -0.3 is 10.1 Å². The van der Waals surface area contributed by atoms with Crippen molar-refractivity contribution in [2.45, 2.75) is 25.8 Å². The molecule has 3 nitrogen and oxygen atoms in total. The maximum atomic E-state index is 5.12. The summed E-state index contributed by atoms with van der Waals surface area (Å²) >= 11 is 0. The summed E-state index contributed by atoms with van der Waals surface area (Å²) in [5.41, 5.74) is 0. The van der Waals surface area contributed by atoms with Crippen LogP contribution in [0.1, 0.15) is 19.8 Å². The molecule has 0 saturated heterocycles. The topological polar surface area (TPSA) is 34.1 Å². The summed E-state index contributed by atoms with van der Waals surface area (Å²) < 4.78 is 5.12. The molecule has 1 aromatic heterocycles. The SMILES string of the molecule is C=CCCC(C)Nc1cc(OC)ccn1. The van der Waals surface area contributed by atoms with E-state index in [2.05, 4.69) is 23.8 Å². The highest BCUT2D eigenvalue weighted by Crippen LogP contribution is 2.15. The van der Waals surface area contributed by atoms with Crippen LogP contribution < -0.4 is 10.1 Å². The molecule has 0 aliphatic rings. The van der Waals surface area contributed by atoms with Crippen LogP contribution in [0.3, 0.4) is 0 Å². The van der Waals surface area contributed by atoms with Crippen LogP contribution in [0.15, 0.2) is 31.0 Å². The van der Waals surface area contributed by atoms with E-state index >= 15 is 0 Å². The third kappa shape index (κ3) is 4.02. The molecule has 1 N–H and O–H groups in total. The lowest BCUT2D eigenvalue weighted by Crippen LogP contribution is -2.15. The van der Waals surface area contributed by atoms with Gasteiger partial charge in [-0.25, -0.2) is 4.98 Å². The van der Waals surface area contributed by atoms with Crippen molar-refractivity contribution < 1.29 is 4.74 Å². The number of pyridine rings is 1. The highest BCUT2D eigenvalue weighted by atomic mass is 16.5. The number of aromatic nitrogens is 1. The molecule has 1 atom stereocenters. The van der Waals surface area contributed by atoms with E-state index in [9.17, 15) is 0 Å². The van der Waals surface area contributed by atoms with E-state index in [-0.39, 0.29) is 0 Å². The zero-order valence-corrected chi connectivity index (χ0v) is 9.36. The Morgan fingerprint density at radius 3 is 3.13 bits per heavy atom. The van der Waals surface area contributed by atoms with E-state index in [4.69, 9.17) is 4.74 Å². The first kappa shape index (κ1) is 11.6. The molecule has 1 unspecified atom stereocenters. The number of allylic oxidation sites excluding steroid dienone is 1. The van der Waals surface area contributed by atoms with Gasteiger partial charge in [-0.1, -0.05) is 6.08 Å². The van der Waals surface area contributed by atoms with E-state index in [1.54, 1.807) is 13.3 Å². The summed E-state index contributed by atoms with van der Waals surface area (Å²) in [6.07, 6.45) is 5.74. The number of rotatable bonds is 6. The van der Waals surface area contributed by atoms with Crippen molar-refractivity contribution in [1.29, 1.82) is 0 Å². The van der Waals surface area contributed by atoms with Gasteiger partial charge in [-0.2, -0.15) is 0 Å². The van der Waals surface area contributed by atoms with Crippen molar-refractivity contribution in [3.8, 4) is 5.75 Å². The first-order valence-corrected chi connectivity index (χ1v) is 5.13. The zero-order chi connectivity index (χ0) is 11.1. The number of nitrogens with zero attached hydrogens (tertiary/aromatic N) is 1. The molecule has 82 valence electrons. The predicted octanol–water partition coefficient (Wildman–Crippen LogP) is 2.86. The lowest BCUT2D eigenvalue weighted by molar-refractivity contribution is 0.414. The average molecular weight is 206 g/mol. The van der Waals surface area contributed by atoms with Gasteiger partial charge in [0.15, 0.2) is 0 Å². The van der Waals surface area contributed by atoms with Gasteiger partial charge in [0.25, 0.3) is 0 Å². The van der Waals surface area contributed by atoms with E-state index in [1.165, 1.54) is 0 Å². The predicted molar refractivity (Wildman–Crippen MR) is 63.3 cm³/mol. The van der Waals surface area contributed by atoms with Crippen LogP contribution in [0.25, 0.3) is 0 Å². The molecule has 1 aromatic rings. The molecule has 15 heavy (non-hydrogen) atoms. The Kier molecular flexibility index (Phi) is 4.68. The third-order valence-corrected chi connectivity index (χ3v) is 2.17. The van der Waals surface area contributed by atoms with Gasteiger partial charge >= 0.3 is 0 Å². The highest BCUT2D eigenvalue weighted by Gasteiger charge is 2.02. The molecule has 3 heteroatoms. The standard InChI is InChI=1S/C12H18N2O/c1-4-5-6-10(2)14-12-9-11(15-3)7-8-13-12/h4,7-10H,1,5-6H2,2-3H3,(H,13,14). The van der Waals surface area contributed by atoms with Gasteiger partial charge in [0.2, 0.25) is 0 Å². The first-order valence-electron chi connectivity index (χ1n) is 5.13. The van der Waals surface area contributed by atoms with E-state index < -0.39 is 0 Å². The van der Waals surface area contributed by atoms with E-state index in [0.717, 1.165) is 24.4 Å². The van der Waals surface area contributed by atoms with Crippen molar-refractivity contribution in [2.24, 2.45) is 0 Å². The maximum Gasteiger partial charge on any atom is 0.129 e. The fourth-order valence-corrected chi connectivity index (χ4v) is 1.31. The minimum absolute atomic E-state index is 0.391. The molecule has 0 saturated carbocycles. The Hall–Kier alpha value is -1.51. The largest absolute Gasteiger partial charge is 0.497 e. The van der Waals surface area contributed by atoms with E-state index in [1.807, 2.05) is 18.2 Å². The Bertz CT molecular complexity index is 312. The van der Waals surface area contributed by atoms with Crippen LogP contribution in [-0.2, 0) is 0 Å². The number of ether oxygens (including phenoxy) is 1. The summed E-state index contributed by atoms with van der Waals surface area (Å²) in [7, 11) is 1.65. The zero-order valence-electron chi connectivity index (χ0n) is 9.36. The summed E-state index contributed by atoms with van der Waals surface area (Å²) in [6, 6.07) is 4.12. The normalized spacial score (nSPS) is 11.9. The lowest BCUT2D eigenvalue weighted by Gasteiger charge is -2.13. The quantitative estimate of drug-likeness (QED) is 0.727. The van der Waals surface area contributed by atoms with E-state index in [0.29, 0.717) is 6.04 Å². The van der Waals surface area contributed by atoms with Crippen molar-refractivity contribution >= 4 is 5.82 Å². The monoisotopic (exact) mass is 206 g/mol. The third-order valence-electron chi connectivity index (χ3n) is 2.17. The minimum Gasteiger partial charge on any atom is -0.497 e. The molecule has 0 amide bonds. The van der Waals surface area contributed by atoms with Gasteiger partial charge in [-0.3, -0.25) is 0 Å². The van der Waals surface area contributed by atoms with Crippen LogP contribution in [0.4, 0.5) is 5.82 Å². The van der Waals surface area contributed by atoms with Crippen molar-refractivity contribution in [2.75, 3.05) is 12.4 Å². The number of anilines is 1. The Morgan fingerprint density at radius 1 is 1.67 bits per heavy atom. The molecule has 0 aliphatic heterocycles. The van der Waals surface area contributed by atoms with Crippen molar-refractivity contribution in [3.05, 3.63) is 31.0 Å². The van der Waals surface area contributed by atoms with Crippen LogP contribution in [0.5, 0.6) is 5.75 Å². The second-order valence-electron chi connectivity index (χ2n) is 3.49. The molecule has 1 rings (SSSR count). The summed E-state index contributed by atoms with van der Waals surface area (Å²) in [4.78, 5) is 4.22. The van der Waals surface area contributed by atoms with Gasteiger partial charge in [-0.05, 0) is 25.8 Å². The smallest absolute Gasteiger partial charge is 0.129 e. The number of hydrogen-bond donors (Lipinski definition) is 1. The second-order valence-corrected chi connectivity index (χ2v) is 3.49. The summed E-state index contributed by atoms with van der Waals surface area (Å²) in [5, 5.41) is 3.31. The number of methoxy groups -OCH3 is 1. The van der Waals surface area contributed by atoms with Gasteiger partial charge in [0.1, 0.15) is 11.6 Å². The Balaban J connectivity index is 2.51. The first-order chi connectivity index (χ1) is 7.26. The number of nitrogens with one attached hydrogen (secondary N) is 1. The summed E-state index contributed by atoms with van der Waals surface area (Å²) in [5.74, 6) is 1.68. The molecule has 0 aromatic carbocycles. The van der Waals surface area contributed by atoms with Crippen molar-refractivity contribution in [3.63, 3.8) is 0 Å².